The fourth-order valence-electron chi connectivity index (χ4n) is 2.86. The van der Waals surface area contributed by atoms with E-state index < -0.39 is 0 Å². The third kappa shape index (κ3) is 3.76. The molecule has 0 radical (unpaired) electrons. The first-order valence-corrected chi connectivity index (χ1v) is 7.60. The zero-order valence-corrected chi connectivity index (χ0v) is 11.7. The summed E-state index contributed by atoms with van der Waals surface area (Å²) in [6.07, 6.45) is 4.96. The minimum atomic E-state index is -0.359. The molecule has 0 spiro atoms. The molecular formula is C16H22F2N2. The van der Waals surface area contributed by atoms with Gasteiger partial charge in [0, 0.05) is 18.2 Å². The van der Waals surface area contributed by atoms with E-state index in [1.807, 2.05) is 0 Å². The Morgan fingerprint density at radius 2 is 1.85 bits per heavy atom. The first-order valence-electron chi connectivity index (χ1n) is 7.60. The van der Waals surface area contributed by atoms with Gasteiger partial charge in [-0.05, 0) is 69.4 Å². The molecular weight excluding hydrogens is 258 g/mol. The lowest BCUT2D eigenvalue weighted by molar-refractivity contribution is 0.188. The summed E-state index contributed by atoms with van der Waals surface area (Å²) in [5.74, 6) is 0.247. The third-order valence-corrected chi connectivity index (χ3v) is 4.38. The molecule has 0 aromatic heterocycles. The summed E-state index contributed by atoms with van der Waals surface area (Å²) in [7, 11) is 0. The van der Waals surface area contributed by atoms with E-state index >= 15 is 0 Å². The van der Waals surface area contributed by atoms with E-state index in [1.165, 1.54) is 31.0 Å². The maximum atomic E-state index is 13.6. The molecule has 1 saturated heterocycles. The van der Waals surface area contributed by atoms with Crippen LogP contribution < -0.4 is 5.32 Å². The molecule has 1 N–H and O–H groups in total. The van der Waals surface area contributed by atoms with E-state index in [9.17, 15) is 8.78 Å². The molecule has 1 aromatic rings. The van der Waals surface area contributed by atoms with Gasteiger partial charge in [0.05, 0.1) is 0 Å². The SMILES string of the molecule is Fc1ccc(F)c(CN2CCC(NCC3CC3)CC2)c1. The highest BCUT2D eigenvalue weighted by Gasteiger charge is 2.24. The van der Waals surface area contributed by atoms with Gasteiger partial charge in [0.2, 0.25) is 0 Å². The summed E-state index contributed by atoms with van der Waals surface area (Å²) in [5, 5.41) is 3.63. The maximum Gasteiger partial charge on any atom is 0.127 e. The van der Waals surface area contributed by atoms with Crippen LogP contribution in [0.15, 0.2) is 18.2 Å². The van der Waals surface area contributed by atoms with Crippen LogP contribution in [0, 0.1) is 17.6 Å². The number of hydrogen-bond acceptors (Lipinski definition) is 2. The number of nitrogens with one attached hydrogen (secondary N) is 1. The van der Waals surface area contributed by atoms with Crippen LogP contribution in [-0.4, -0.2) is 30.6 Å². The minimum Gasteiger partial charge on any atom is -0.314 e. The van der Waals surface area contributed by atoms with Crippen molar-refractivity contribution in [3.05, 3.63) is 35.4 Å². The number of piperidine rings is 1. The molecule has 1 aliphatic carbocycles. The zero-order valence-electron chi connectivity index (χ0n) is 11.7. The van der Waals surface area contributed by atoms with Crippen molar-refractivity contribution in [3.8, 4) is 0 Å². The van der Waals surface area contributed by atoms with Crippen LogP contribution in [0.2, 0.25) is 0 Å². The Kier molecular flexibility index (Phi) is 4.32. The second-order valence-electron chi connectivity index (χ2n) is 6.14. The van der Waals surface area contributed by atoms with Crippen molar-refractivity contribution < 1.29 is 8.78 Å². The van der Waals surface area contributed by atoms with E-state index in [1.54, 1.807) is 0 Å². The Bertz CT molecular complexity index is 452. The Morgan fingerprint density at radius 1 is 1.10 bits per heavy atom. The molecule has 1 aromatic carbocycles. The van der Waals surface area contributed by atoms with Crippen LogP contribution in [0.3, 0.4) is 0 Å². The number of benzene rings is 1. The van der Waals surface area contributed by atoms with Crippen molar-refractivity contribution in [2.45, 2.75) is 38.3 Å². The molecule has 4 heteroatoms. The Morgan fingerprint density at radius 3 is 2.55 bits per heavy atom. The largest absolute Gasteiger partial charge is 0.314 e. The average molecular weight is 280 g/mol. The van der Waals surface area contributed by atoms with Crippen LogP contribution in [0.4, 0.5) is 8.78 Å². The zero-order chi connectivity index (χ0) is 13.9. The van der Waals surface area contributed by atoms with Crippen molar-refractivity contribution in [2.75, 3.05) is 19.6 Å². The van der Waals surface area contributed by atoms with Gasteiger partial charge in [-0.2, -0.15) is 0 Å². The summed E-state index contributed by atoms with van der Waals surface area (Å²) >= 11 is 0. The van der Waals surface area contributed by atoms with Crippen molar-refractivity contribution in [1.82, 2.24) is 10.2 Å². The molecule has 2 fully saturated rings. The Hall–Kier alpha value is -1.00. The second kappa shape index (κ2) is 6.19. The summed E-state index contributed by atoms with van der Waals surface area (Å²) in [6, 6.07) is 4.30. The Balaban J connectivity index is 1.46. The molecule has 1 heterocycles. The van der Waals surface area contributed by atoms with Crippen molar-refractivity contribution in [3.63, 3.8) is 0 Å². The molecule has 3 rings (SSSR count). The van der Waals surface area contributed by atoms with Crippen molar-refractivity contribution in [2.24, 2.45) is 5.92 Å². The highest BCUT2D eigenvalue weighted by Crippen LogP contribution is 2.28. The second-order valence-corrected chi connectivity index (χ2v) is 6.14. The van der Waals surface area contributed by atoms with Gasteiger partial charge in [0.15, 0.2) is 0 Å². The molecule has 0 atom stereocenters. The predicted molar refractivity (Wildman–Crippen MR) is 75.4 cm³/mol. The molecule has 0 bridgehead atoms. The molecule has 1 aliphatic heterocycles. The quantitative estimate of drug-likeness (QED) is 0.892. The van der Waals surface area contributed by atoms with E-state index in [0.717, 1.165) is 38.4 Å². The van der Waals surface area contributed by atoms with Gasteiger partial charge >= 0.3 is 0 Å². The molecule has 1 saturated carbocycles. The van der Waals surface area contributed by atoms with Crippen LogP contribution in [0.1, 0.15) is 31.2 Å². The standard InChI is InChI=1S/C16H22F2N2/c17-14-3-4-16(18)13(9-14)11-20-7-5-15(6-8-20)19-10-12-1-2-12/h3-4,9,12,15,19H,1-2,5-8,10-11H2. The normalized spacial score (nSPS) is 21.3. The third-order valence-electron chi connectivity index (χ3n) is 4.38. The first-order chi connectivity index (χ1) is 9.70. The lowest BCUT2D eigenvalue weighted by Crippen LogP contribution is -2.42. The summed E-state index contributed by atoms with van der Waals surface area (Å²) in [6.45, 7) is 3.58. The van der Waals surface area contributed by atoms with E-state index in [2.05, 4.69) is 10.2 Å². The van der Waals surface area contributed by atoms with Crippen LogP contribution in [-0.2, 0) is 6.54 Å². The number of likely N-dealkylation sites (tertiary alicyclic amines) is 1. The lowest BCUT2D eigenvalue weighted by Gasteiger charge is -2.32. The molecule has 0 amide bonds. The predicted octanol–water partition coefficient (Wildman–Crippen LogP) is 2.93. The summed E-state index contributed by atoms with van der Waals surface area (Å²) in [4.78, 5) is 2.22. The van der Waals surface area contributed by atoms with Gasteiger partial charge in [-0.3, -0.25) is 4.90 Å². The maximum absolute atomic E-state index is 13.6. The number of nitrogens with zero attached hydrogens (tertiary/aromatic N) is 1. The highest BCUT2D eigenvalue weighted by molar-refractivity contribution is 5.18. The van der Waals surface area contributed by atoms with E-state index in [0.29, 0.717) is 18.2 Å². The highest BCUT2D eigenvalue weighted by atomic mass is 19.1. The van der Waals surface area contributed by atoms with Crippen molar-refractivity contribution >= 4 is 0 Å². The smallest absolute Gasteiger partial charge is 0.127 e. The van der Waals surface area contributed by atoms with Gasteiger partial charge in [-0.1, -0.05) is 0 Å². The molecule has 2 nitrogen and oxygen atoms in total. The fourth-order valence-corrected chi connectivity index (χ4v) is 2.86. The number of hydrogen-bond donors (Lipinski definition) is 1. The Labute approximate surface area is 119 Å². The fraction of sp³-hybridized carbons (Fsp3) is 0.625. The van der Waals surface area contributed by atoms with Gasteiger partial charge in [0.25, 0.3) is 0 Å². The topological polar surface area (TPSA) is 15.3 Å². The van der Waals surface area contributed by atoms with Gasteiger partial charge < -0.3 is 5.32 Å². The number of rotatable bonds is 5. The minimum absolute atomic E-state index is 0.305. The summed E-state index contributed by atoms with van der Waals surface area (Å²) < 4.78 is 26.8. The van der Waals surface area contributed by atoms with E-state index in [-0.39, 0.29) is 11.6 Å². The monoisotopic (exact) mass is 280 g/mol. The summed E-state index contributed by atoms with van der Waals surface area (Å²) in [5.41, 5.74) is 0.467. The molecule has 20 heavy (non-hydrogen) atoms. The molecule has 2 aliphatic rings. The first kappa shape index (κ1) is 14.0. The van der Waals surface area contributed by atoms with Crippen LogP contribution in [0.5, 0.6) is 0 Å². The van der Waals surface area contributed by atoms with Gasteiger partial charge in [0.1, 0.15) is 11.6 Å². The van der Waals surface area contributed by atoms with Crippen LogP contribution >= 0.6 is 0 Å². The van der Waals surface area contributed by atoms with Gasteiger partial charge in [-0.25, -0.2) is 8.78 Å². The molecule has 0 unspecified atom stereocenters. The molecule has 110 valence electrons. The van der Waals surface area contributed by atoms with Crippen LogP contribution in [0.25, 0.3) is 0 Å². The average Bonchev–Trinajstić information content (AvgIpc) is 3.26. The lowest BCUT2D eigenvalue weighted by atomic mass is 10.0. The number of halogens is 2. The van der Waals surface area contributed by atoms with Crippen molar-refractivity contribution in [1.29, 1.82) is 0 Å². The van der Waals surface area contributed by atoms with Gasteiger partial charge in [-0.15, -0.1) is 0 Å². The van der Waals surface area contributed by atoms with E-state index in [4.69, 9.17) is 0 Å².